The fourth-order valence-corrected chi connectivity index (χ4v) is 2.38. The molecule has 0 aliphatic rings. The Balaban J connectivity index is 2.17. The van der Waals surface area contributed by atoms with E-state index in [0.717, 1.165) is 28.0 Å². The molecule has 0 saturated heterocycles. The Labute approximate surface area is 118 Å². The quantitative estimate of drug-likeness (QED) is 0.689. The number of benzene rings is 2. The van der Waals surface area contributed by atoms with Crippen molar-refractivity contribution in [2.45, 2.75) is 20.8 Å². The Morgan fingerprint density at radius 3 is 2.35 bits per heavy atom. The van der Waals surface area contributed by atoms with Crippen molar-refractivity contribution in [2.24, 2.45) is 0 Å². The van der Waals surface area contributed by atoms with Gasteiger partial charge in [-0.05, 0) is 61.7 Å². The van der Waals surface area contributed by atoms with Gasteiger partial charge in [-0.3, -0.25) is 0 Å². The first-order valence-corrected chi connectivity index (χ1v) is 6.62. The number of oxazole rings is 1. The van der Waals surface area contributed by atoms with Gasteiger partial charge in [-0.2, -0.15) is 0 Å². The summed E-state index contributed by atoms with van der Waals surface area (Å²) in [4.78, 5) is 4.65. The summed E-state index contributed by atoms with van der Waals surface area (Å²) in [5.41, 5.74) is 6.32. The molecule has 0 spiro atoms. The fourth-order valence-electron chi connectivity index (χ4n) is 2.38. The molecule has 0 unspecified atom stereocenters. The monoisotopic (exact) mass is 267 g/mol. The van der Waals surface area contributed by atoms with Crippen LogP contribution in [0, 0.1) is 20.8 Å². The first-order chi connectivity index (χ1) is 9.60. The first kappa shape index (κ1) is 12.7. The summed E-state index contributed by atoms with van der Waals surface area (Å²) in [6.07, 6.45) is 0. The van der Waals surface area contributed by atoms with Crippen LogP contribution >= 0.6 is 0 Å². The summed E-state index contributed by atoms with van der Waals surface area (Å²) in [6.45, 7) is 6.23. The van der Waals surface area contributed by atoms with Gasteiger partial charge in [0.1, 0.15) is 11.3 Å². The highest BCUT2D eigenvalue weighted by Gasteiger charge is 2.13. The predicted molar refractivity (Wildman–Crippen MR) is 80.2 cm³/mol. The molecule has 0 radical (unpaired) electrons. The minimum Gasteiger partial charge on any atom is -0.497 e. The maximum Gasteiger partial charge on any atom is 0.227 e. The molecular formula is C17H17NO2. The van der Waals surface area contributed by atoms with Gasteiger partial charge < -0.3 is 9.15 Å². The molecule has 0 N–H and O–H groups in total. The molecule has 2 aromatic carbocycles. The van der Waals surface area contributed by atoms with Gasteiger partial charge in [-0.15, -0.1) is 0 Å². The van der Waals surface area contributed by atoms with Crippen LogP contribution in [0.1, 0.15) is 16.7 Å². The van der Waals surface area contributed by atoms with Crippen molar-refractivity contribution < 1.29 is 9.15 Å². The summed E-state index contributed by atoms with van der Waals surface area (Å²) in [7, 11) is 1.66. The third-order valence-electron chi connectivity index (χ3n) is 3.70. The highest BCUT2D eigenvalue weighted by Crippen LogP contribution is 2.30. The Bertz CT molecular complexity index is 770. The maximum absolute atomic E-state index is 5.94. The van der Waals surface area contributed by atoms with E-state index >= 15 is 0 Å². The molecule has 0 atom stereocenters. The van der Waals surface area contributed by atoms with Crippen LogP contribution in [0.15, 0.2) is 34.7 Å². The van der Waals surface area contributed by atoms with Gasteiger partial charge in [0.2, 0.25) is 5.89 Å². The average molecular weight is 267 g/mol. The zero-order valence-electron chi connectivity index (χ0n) is 12.2. The van der Waals surface area contributed by atoms with Gasteiger partial charge in [0.25, 0.3) is 0 Å². The maximum atomic E-state index is 5.94. The Hall–Kier alpha value is -2.29. The predicted octanol–water partition coefficient (Wildman–Crippen LogP) is 4.43. The summed E-state index contributed by atoms with van der Waals surface area (Å²) in [5, 5.41) is 0. The first-order valence-electron chi connectivity index (χ1n) is 6.62. The molecule has 0 amide bonds. The van der Waals surface area contributed by atoms with E-state index in [1.54, 1.807) is 7.11 Å². The molecule has 3 aromatic rings. The van der Waals surface area contributed by atoms with Crippen LogP contribution in [-0.4, -0.2) is 12.1 Å². The molecule has 0 saturated carbocycles. The van der Waals surface area contributed by atoms with Crippen molar-refractivity contribution >= 4 is 11.1 Å². The average Bonchev–Trinajstić information content (AvgIpc) is 2.91. The van der Waals surface area contributed by atoms with Crippen LogP contribution in [-0.2, 0) is 0 Å². The molecule has 3 heteroatoms. The number of ether oxygens (including phenoxy) is 1. The molecule has 20 heavy (non-hydrogen) atoms. The highest BCUT2D eigenvalue weighted by molar-refractivity contribution is 5.83. The number of hydrogen-bond acceptors (Lipinski definition) is 3. The molecular weight excluding hydrogens is 250 g/mol. The van der Waals surface area contributed by atoms with Crippen molar-refractivity contribution in [2.75, 3.05) is 7.11 Å². The molecule has 1 heterocycles. The zero-order valence-corrected chi connectivity index (χ0v) is 12.2. The van der Waals surface area contributed by atoms with E-state index in [-0.39, 0.29) is 0 Å². The second-order valence-corrected chi connectivity index (χ2v) is 5.06. The van der Waals surface area contributed by atoms with Gasteiger partial charge in [0.05, 0.1) is 7.11 Å². The molecule has 0 bridgehead atoms. The number of aryl methyl sites for hydroxylation is 3. The van der Waals surface area contributed by atoms with Crippen LogP contribution in [0.3, 0.4) is 0 Å². The number of fused-ring (bicyclic) bond motifs is 1. The third-order valence-corrected chi connectivity index (χ3v) is 3.70. The van der Waals surface area contributed by atoms with E-state index in [2.05, 4.69) is 31.8 Å². The highest BCUT2D eigenvalue weighted by atomic mass is 16.5. The van der Waals surface area contributed by atoms with Crippen molar-refractivity contribution in [3.05, 3.63) is 47.0 Å². The van der Waals surface area contributed by atoms with Crippen molar-refractivity contribution in [3.8, 4) is 17.2 Å². The lowest BCUT2D eigenvalue weighted by Crippen LogP contribution is -1.86. The van der Waals surface area contributed by atoms with Crippen LogP contribution in [0.5, 0.6) is 5.75 Å². The summed E-state index contributed by atoms with van der Waals surface area (Å²) >= 11 is 0. The van der Waals surface area contributed by atoms with E-state index in [1.165, 1.54) is 11.1 Å². The number of aromatic nitrogens is 1. The fraction of sp³-hybridized carbons (Fsp3) is 0.235. The molecule has 0 fully saturated rings. The Kier molecular flexibility index (Phi) is 2.97. The minimum absolute atomic E-state index is 0.652. The van der Waals surface area contributed by atoms with Gasteiger partial charge >= 0.3 is 0 Å². The second kappa shape index (κ2) is 4.67. The molecule has 1 aromatic heterocycles. The van der Waals surface area contributed by atoms with E-state index in [1.807, 2.05) is 24.3 Å². The minimum atomic E-state index is 0.652. The van der Waals surface area contributed by atoms with Gasteiger partial charge in [0, 0.05) is 5.56 Å². The van der Waals surface area contributed by atoms with Gasteiger partial charge in [-0.1, -0.05) is 6.07 Å². The lowest BCUT2D eigenvalue weighted by molar-refractivity contribution is 0.415. The van der Waals surface area contributed by atoms with Crippen LogP contribution < -0.4 is 4.74 Å². The summed E-state index contributed by atoms with van der Waals surface area (Å²) in [5.74, 6) is 1.48. The smallest absolute Gasteiger partial charge is 0.227 e. The summed E-state index contributed by atoms with van der Waals surface area (Å²) < 4.78 is 11.1. The molecule has 0 aliphatic carbocycles. The Morgan fingerprint density at radius 2 is 1.70 bits per heavy atom. The largest absolute Gasteiger partial charge is 0.497 e. The topological polar surface area (TPSA) is 35.3 Å². The summed E-state index contributed by atoms with van der Waals surface area (Å²) in [6, 6.07) is 9.88. The van der Waals surface area contributed by atoms with Gasteiger partial charge in [0.15, 0.2) is 5.58 Å². The van der Waals surface area contributed by atoms with E-state index in [0.29, 0.717) is 5.89 Å². The number of nitrogens with zero attached hydrogens (tertiary/aromatic N) is 1. The zero-order chi connectivity index (χ0) is 14.3. The van der Waals surface area contributed by atoms with Crippen LogP contribution in [0.25, 0.3) is 22.6 Å². The third kappa shape index (κ3) is 1.95. The second-order valence-electron chi connectivity index (χ2n) is 5.06. The van der Waals surface area contributed by atoms with Crippen LogP contribution in [0.4, 0.5) is 0 Å². The SMILES string of the molecule is COc1ccc(-c2nc3c(C)c(C)cc(C)c3o2)cc1. The molecule has 102 valence electrons. The lowest BCUT2D eigenvalue weighted by atomic mass is 10.1. The van der Waals surface area contributed by atoms with E-state index in [4.69, 9.17) is 9.15 Å². The van der Waals surface area contributed by atoms with Crippen molar-refractivity contribution in [1.82, 2.24) is 4.98 Å². The van der Waals surface area contributed by atoms with Gasteiger partial charge in [-0.25, -0.2) is 4.98 Å². The molecule has 3 nitrogen and oxygen atoms in total. The molecule has 3 rings (SSSR count). The van der Waals surface area contributed by atoms with Crippen LogP contribution in [0.2, 0.25) is 0 Å². The van der Waals surface area contributed by atoms with E-state index < -0.39 is 0 Å². The Morgan fingerprint density at radius 1 is 1.00 bits per heavy atom. The normalized spacial score (nSPS) is 11.0. The standard InChI is InChI=1S/C17H17NO2/c1-10-9-11(2)16-15(12(10)3)18-17(20-16)13-5-7-14(19-4)8-6-13/h5-9H,1-4H3. The van der Waals surface area contributed by atoms with E-state index in [9.17, 15) is 0 Å². The number of hydrogen-bond donors (Lipinski definition) is 0. The van der Waals surface area contributed by atoms with Crippen molar-refractivity contribution in [3.63, 3.8) is 0 Å². The molecule has 0 aliphatic heterocycles. The van der Waals surface area contributed by atoms with Crippen molar-refractivity contribution in [1.29, 1.82) is 0 Å². The lowest BCUT2D eigenvalue weighted by Gasteiger charge is -2.01. The number of rotatable bonds is 2. The number of methoxy groups -OCH3 is 1.